The summed E-state index contributed by atoms with van der Waals surface area (Å²) in [6.07, 6.45) is -0.0378. The van der Waals surface area contributed by atoms with Crippen molar-refractivity contribution in [3.05, 3.63) is 88.4 Å². The highest BCUT2D eigenvalue weighted by molar-refractivity contribution is 6.35. The average Bonchev–Trinajstić information content (AvgIpc) is 2.70. The molecule has 4 nitrogen and oxygen atoms in total. The lowest BCUT2D eigenvalue weighted by molar-refractivity contribution is -0.146. The minimum absolute atomic E-state index is 0.0378. The van der Waals surface area contributed by atoms with Gasteiger partial charge in [-0.25, -0.2) is 0 Å². The van der Waals surface area contributed by atoms with Gasteiger partial charge in [0.2, 0.25) is 0 Å². The van der Waals surface area contributed by atoms with Gasteiger partial charge in [0.1, 0.15) is 0 Å². The maximum Gasteiger partial charge on any atom is 0.310 e. The van der Waals surface area contributed by atoms with E-state index in [9.17, 15) is 9.59 Å². The summed E-state index contributed by atoms with van der Waals surface area (Å²) in [7, 11) is 0. The Kier molecular flexibility index (Phi) is 6.69. The van der Waals surface area contributed by atoms with E-state index in [1.807, 2.05) is 48.5 Å². The summed E-state index contributed by atoms with van der Waals surface area (Å²) >= 11 is 11.9. The van der Waals surface area contributed by atoms with E-state index >= 15 is 0 Å². The maximum absolute atomic E-state index is 12.2. The number of rotatable bonds is 6. The zero-order valence-electron chi connectivity index (χ0n) is 14.8. The van der Waals surface area contributed by atoms with Crippen LogP contribution in [0.25, 0.3) is 11.1 Å². The first kappa shape index (κ1) is 19.9. The molecule has 142 valence electrons. The second-order valence-electron chi connectivity index (χ2n) is 6.03. The normalized spacial score (nSPS) is 10.4. The Balaban J connectivity index is 1.58. The first-order chi connectivity index (χ1) is 13.5. The van der Waals surface area contributed by atoms with Crippen LogP contribution in [0.3, 0.4) is 0 Å². The van der Waals surface area contributed by atoms with Crippen LogP contribution in [0.4, 0.5) is 5.69 Å². The predicted molar refractivity (Wildman–Crippen MR) is 112 cm³/mol. The highest BCUT2D eigenvalue weighted by Gasteiger charge is 2.13. The van der Waals surface area contributed by atoms with Crippen LogP contribution in [0, 0.1) is 0 Å². The molecule has 0 aromatic heterocycles. The zero-order chi connectivity index (χ0) is 19.9. The zero-order valence-corrected chi connectivity index (χ0v) is 16.3. The van der Waals surface area contributed by atoms with Crippen molar-refractivity contribution in [3.8, 4) is 11.1 Å². The number of para-hydroxylation sites is 1. The Morgan fingerprint density at radius 2 is 1.61 bits per heavy atom. The number of amides is 1. The Morgan fingerprint density at radius 3 is 2.36 bits per heavy atom. The number of anilines is 1. The van der Waals surface area contributed by atoms with Crippen LogP contribution in [-0.4, -0.2) is 18.5 Å². The number of carbonyl (C=O) groups is 2. The fraction of sp³-hybridized carbons (Fsp3) is 0.0909. The van der Waals surface area contributed by atoms with Crippen molar-refractivity contribution in [2.45, 2.75) is 6.42 Å². The topological polar surface area (TPSA) is 55.4 Å². The number of ether oxygens (including phenoxy) is 1. The van der Waals surface area contributed by atoms with Crippen LogP contribution in [0.5, 0.6) is 0 Å². The molecule has 0 saturated heterocycles. The standard InChI is InChI=1S/C22H17Cl2NO3/c23-17-11-10-16(19(24)13-17)12-22(27)28-14-21(26)25-20-9-5-4-8-18(20)15-6-2-1-3-7-15/h1-11,13H,12,14H2,(H,25,26). The van der Waals surface area contributed by atoms with Crippen molar-refractivity contribution in [3.63, 3.8) is 0 Å². The third kappa shape index (κ3) is 5.35. The Bertz CT molecular complexity index is 990. The minimum Gasteiger partial charge on any atom is -0.455 e. The third-order valence-electron chi connectivity index (χ3n) is 4.00. The number of esters is 1. The van der Waals surface area contributed by atoms with Crippen LogP contribution in [0.2, 0.25) is 10.0 Å². The molecular formula is C22H17Cl2NO3. The van der Waals surface area contributed by atoms with Crippen molar-refractivity contribution in [1.29, 1.82) is 0 Å². The summed E-state index contributed by atoms with van der Waals surface area (Å²) in [6.45, 7) is -0.382. The number of nitrogens with one attached hydrogen (secondary N) is 1. The summed E-state index contributed by atoms with van der Waals surface area (Å²) in [5.74, 6) is -0.963. The highest BCUT2D eigenvalue weighted by atomic mass is 35.5. The van der Waals surface area contributed by atoms with E-state index in [2.05, 4.69) is 5.32 Å². The van der Waals surface area contributed by atoms with E-state index in [0.29, 0.717) is 21.3 Å². The van der Waals surface area contributed by atoms with Crippen molar-refractivity contribution in [2.75, 3.05) is 11.9 Å². The number of carbonyl (C=O) groups excluding carboxylic acids is 2. The van der Waals surface area contributed by atoms with Crippen molar-refractivity contribution in [1.82, 2.24) is 0 Å². The van der Waals surface area contributed by atoms with Crippen molar-refractivity contribution >= 4 is 40.8 Å². The second-order valence-corrected chi connectivity index (χ2v) is 6.88. The lowest BCUT2D eigenvalue weighted by Gasteiger charge is -2.12. The molecule has 3 rings (SSSR count). The fourth-order valence-electron chi connectivity index (χ4n) is 2.67. The molecular weight excluding hydrogens is 397 g/mol. The molecule has 1 N–H and O–H groups in total. The summed E-state index contributed by atoms with van der Waals surface area (Å²) in [5, 5.41) is 3.65. The summed E-state index contributed by atoms with van der Waals surface area (Å²) in [5.41, 5.74) is 3.10. The average molecular weight is 414 g/mol. The number of hydrogen-bond acceptors (Lipinski definition) is 3. The molecule has 1 amide bonds. The van der Waals surface area contributed by atoms with E-state index in [1.165, 1.54) is 0 Å². The molecule has 0 radical (unpaired) electrons. The summed E-state index contributed by atoms with van der Waals surface area (Å²) in [6, 6.07) is 22.0. The number of benzene rings is 3. The van der Waals surface area contributed by atoms with Gasteiger partial charge in [0, 0.05) is 21.3 Å². The van der Waals surface area contributed by atoms with Gasteiger partial charge in [-0.15, -0.1) is 0 Å². The third-order valence-corrected chi connectivity index (χ3v) is 4.59. The predicted octanol–water partition coefficient (Wildman–Crippen LogP) is 5.38. The molecule has 0 unspecified atom stereocenters. The Labute approximate surface area is 173 Å². The lowest BCUT2D eigenvalue weighted by atomic mass is 10.0. The van der Waals surface area contributed by atoms with E-state index in [-0.39, 0.29) is 13.0 Å². The van der Waals surface area contributed by atoms with Crippen LogP contribution in [0.15, 0.2) is 72.8 Å². The summed E-state index contributed by atoms with van der Waals surface area (Å²) in [4.78, 5) is 24.2. The molecule has 0 spiro atoms. The fourth-order valence-corrected chi connectivity index (χ4v) is 3.14. The quantitative estimate of drug-likeness (QED) is 0.551. The molecule has 3 aromatic rings. The van der Waals surface area contributed by atoms with E-state index < -0.39 is 11.9 Å². The molecule has 0 aliphatic carbocycles. The van der Waals surface area contributed by atoms with Crippen LogP contribution in [-0.2, 0) is 20.7 Å². The highest BCUT2D eigenvalue weighted by Crippen LogP contribution is 2.27. The molecule has 0 aliphatic heterocycles. The maximum atomic E-state index is 12.2. The van der Waals surface area contributed by atoms with Crippen molar-refractivity contribution < 1.29 is 14.3 Å². The van der Waals surface area contributed by atoms with Gasteiger partial charge < -0.3 is 10.1 Å². The Hall–Kier alpha value is -2.82. The van der Waals surface area contributed by atoms with Crippen molar-refractivity contribution in [2.24, 2.45) is 0 Å². The molecule has 0 atom stereocenters. The van der Waals surface area contributed by atoms with Gasteiger partial charge in [-0.1, -0.05) is 77.8 Å². The van der Waals surface area contributed by atoms with Crippen LogP contribution in [0.1, 0.15) is 5.56 Å². The molecule has 0 bridgehead atoms. The molecule has 0 saturated carbocycles. The SMILES string of the molecule is O=C(COC(=O)Cc1ccc(Cl)cc1Cl)Nc1ccccc1-c1ccccc1. The minimum atomic E-state index is -0.546. The van der Waals surface area contributed by atoms with Gasteiger partial charge in [0.25, 0.3) is 5.91 Å². The van der Waals surface area contributed by atoms with Crippen LogP contribution >= 0.6 is 23.2 Å². The van der Waals surface area contributed by atoms with Gasteiger partial charge in [0.05, 0.1) is 6.42 Å². The van der Waals surface area contributed by atoms with Gasteiger partial charge >= 0.3 is 5.97 Å². The van der Waals surface area contributed by atoms with Gasteiger partial charge in [-0.05, 0) is 29.3 Å². The Morgan fingerprint density at radius 1 is 0.893 bits per heavy atom. The monoisotopic (exact) mass is 413 g/mol. The second kappa shape index (κ2) is 9.40. The summed E-state index contributed by atoms with van der Waals surface area (Å²) < 4.78 is 5.07. The van der Waals surface area contributed by atoms with Gasteiger partial charge in [-0.2, -0.15) is 0 Å². The number of halogens is 2. The van der Waals surface area contributed by atoms with E-state index in [1.54, 1.807) is 24.3 Å². The number of hydrogen-bond donors (Lipinski definition) is 1. The molecule has 28 heavy (non-hydrogen) atoms. The molecule has 0 aliphatic rings. The molecule has 3 aromatic carbocycles. The van der Waals surface area contributed by atoms with Gasteiger partial charge in [0.15, 0.2) is 6.61 Å². The largest absolute Gasteiger partial charge is 0.455 e. The molecule has 0 fully saturated rings. The molecule has 0 heterocycles. The lowest BCUT2D eigenvalue weighted by Crippen LogP contribution is -2.22. The van der Waals surface area contributed by atoms with Gasteiger partial charge in [-0.3, -0.25) is 9.59 Å². The molecule has 6 heteroatoms. The smallest absolute Gasteiger partial charge is 0.310 e. The van der Waals surface area contributed by atoms with E-state index in [4.69, 9.17) is 27.9 Å². The van der Waals surface area contributed by atoms with E-state index in [0.717, 1.165) is 11.1 Å². The first-order valence-corrected chi connectivity index (χ1v) is 9.32. The van der Waals surface area contributed by atoms with Crippen LogP contribution < -0.4 is 5.32 Å². The first-order valence-electron chi connectivity index (χ1n) is 8.57.